The molecule has 0 aliphatic carbocycles. The molecule has 13 heavy (non-hydrogen) atoms. The van der Waals surface area contributed by atoms with E-state index in [-0.39, 0.29) is 0 Å². The van der Waals surface area contributed by atoms with E-state index in [9.17, 15) is 0 Å². The number of fused-ring (bicyclic) bond motifs is 1. The molecule has 0 saturated heterocycles. The zero-order valence-electron chi connectivity index (χ0n) is 7.02. The molecule has 0 atom stereocenters. The molecule has 0 saturated carbocycles. The van der Waals surface area contributed by atoms with Gasteiger partial charge in [0.2, 0.25) is 0 Å². The zero-order chi connectivity index (χ0) is 9.26. The Morgan fingerprint density at radius 2 is 2.54 bits per heavy atom. The second-order valence-corrected chi connectivity index (χ2v) is 2.96. The van der Waals surface area contributed by atoms with Gasteiger partial charge in [-0.3, -0.25) is 5.10 Å². The van der Waals surface area contributed by atoms with Crippen LogP contribution in [0.15, 0.2) is 12.4 Å². The Hall–Kier alpha value is -1.27. The third-order valence-corrected chi connectivity index (χ3v) is 1.91. The third kappa shape index (κ3) is 1.45. The molecular weight excluding hydrogens is 188 g/mol. The normalized spacial score (nSPS) is 10.8. The number of hydrogen-bond donors (Lipinski definition) is 1. The lowest BCUT2D eigenvalue weighted by molar-refractivity contribution is 0.181. The number of aromatic amines is 1. The minimum atomic E-state index is 0.451. The van der Waals surface area contributed by atoms with Crippen LogP contribution in [0.25, 0.3) is 5.78 Å². The van der Waals surface area contributed by atoms with Crippen LogP contribution in [-0.2, 0) is 11.3 Å². The molecule has 0 amide bonds. The standard InChI is InChI=1S/C7H8N4OS/c1-12-3-5-2-6(13)11-7(10-5)8-4-9-11/h2,4H,3H2,1H3,(H,8,9,10). The first-order chi connectivity index (χ1) is 6.31. The van der Waals surface area contributed by atoms with Crippen molar-refractivity contribution in [2.24, 2.45) is 0 Å². The minimum absolute atomic E-state index is 0.451. The summed E-state index contributed by atoms with van der Waals surface area (Å²) in [5, 5.41) is 2.86. The van der Waals surface area contributed by atoms with Crippen LogP contribution in [0.4, 0.5) is 0 Å². The number of ether oxygens (including phenoxy) is 1. The van der Waals surface area contributed by atoms with Gasteiger partial charge in [-0.2, -0.15) is 0 Å². The fourth-order valence-corrected chi connectivity index (χ4v) is 1.36. The predicted octanol–water partition coefficient (Wildman–Crippen LogP) is 0.933. The molecule has 2 rings (SSSR count). The molecular formula is C7H8N4OS. The Bertz CT molecular complexity index is 475. The highest BCUT2D eigenvalue weighted by Gasteiger charge is 2.00. The van der Waals surface area contributed by atoms with Gasteiger partial charge in [-0.05, 0) is 6.07 Å². The van der Waals surface area contributed by atoms with Gasteiger partial charge >= 0.3 is 0 Å². The van der Waals surface area contributed by atoms with Crippen molar-refractivity contribution < 1.29 is 4.74 Å². The number of hydrogen-bond acceptors (Lipinski definition) is 4. The summed E-state index contributed by atoms with van der Waals surface area (Å²) in [7, 11) is 1.62. The van der Waals surface area contributed by atoms with E-state index in [0.29, 0.717) is 17.0 Å². The van der Waals surface area contributed by atoms with Crippen LogP contribution < -0.4 is 0 Å². The summed E-state index contributed by atoms with van der Waals surface area (Å²) in [4.78, 5) is 8.21. The molecule has 0 bridgehead atoms. The molecule has 1 N–H and O–H groups in total. The molecule has 2 heterocycles. The van der Waals surface area contributed by atoms with Crippen molar-refractivity contribution in [1.29, 1.82) is 0 Å². The van der Waals surface area contributed by atoms with E-state index >= 15 is 0 Å². The SMILES string of the molecule is COCc1cc(=S)n2[nH]cnc2n1. The number of H-pyrrole nitrogens is 1. The van der Waals surface area contributed by atoms with E-state index in [4.69, 9.17) is 17.0 Å². The molecule has 0 unspecified atom stereocenters. The second kappa shape index (κ2) is 3.23. The second-order valence-electron chi connectivity index (χ2n) is 2.54. The third-order valence-electron chi connectivity index (χ3n) is 1.61. The van der Waals surface area contributed by atoms with Crippen LogP contribution in [0.2, 0.25) is 0 Å². The van der Waals surface area contributed by atoms with E-state index in [1.807, 2.05) is 0 Å². The molecule has 68 valence electrons. The molecule has 0 spiro atoms. The summed E-state index contributed by atoms with van der Waals surface area (Å²) in [6.07, 6.45) is 1.55. The maximum atomic E-state index is 5.11. The smallest absolute Gasteiger partial charge is 0.251 e. The Balaban J connectivity index is 2.63. The van der Waals surface area contributed by atoms with Crippen LogP contribution in [0.1, 0.15) is 5.69 Å². The van der Waals surface area contributed by atoms with Gasteiger partial charge in [0.05, 0.1) is 12.3 Å². The number of methoxy groups -OCH3 is 1. The van der Waals surface area contributed by atoms with Gasteiger partial charge in [-0.1, -0.05) is 12.2 Å². The lowest BCUT2D eigenvalue weighted by Gasteiger charge is -1.98. The van der Waals surface area contributed by atoms with Gasteiger partial charge in [-0.15, -0.1) is 0 Å². The van der Waals surface area contributed by atoms with Crippen molar-refractivity contribution in [2.45, 2.75) is 6.61 Å². The van der Waals surface area contributed by atoms with Crippen LogP contribution in [0.5, 0.6) is 0 Å². The van der Waals surface area contributed by atoms with Gasteiger partial charge < -0.3 is 4.74 Å². The number of aromatic nitrogens is 4. The molecule has 6 heteroatoms. The Morgan fingerprint density at radius 1 is 1.69 bits per heavy atom. The van der Waals surface area contributed by atoms with E-state index in [0.717, 1.165) is 5.69 Å². The summed E-state index contributed by atoms with van der Waals surface area (Å²) >= 11 is 5.11. The van der Waals surface area contributed by atoms with Gasteiger partial charge in [0.15, 0.2) is 0 Å². The van der Waals surface area contributed by atoms with Gasteiger partial charge in [0.25, 0.3) is 5.78 Å². The summed E-state index contributed by atoms with van der Waals surface area (Å²) in [6.45, 7) is 0.451. The largest absolute Gasteiger partial charge is 0.378 e. The van der Waals surface area contributed by atoms with Gasteiger partial charge in [0, 0.05) is 7.11 Å². The highest BCUT2D eigenvalue weighted by Crippen LogP contribution is 2.01. The highest BCUT2D eigenvalue weighted by molar-refractivity contribution is 7.71. The van der Waals surface area contributed by atoms with Crippen molar-refractivity contribution in [1.82, 2.24) is 19.6 Å². The van der Waals surface area contributed by atoms with Gasteiger partial charge in [-0.25, -0.2) is 14.5 Å². The summed E-state index contributed by atoms with van der Waals surface area (Å²) < 4.78 is 7.23. The van der Waals surface area contributed by atoms with E-state index in [1.54, 1.807) is 24.0 Å². The van der Waals surface area contributed by atoms with Crippen molar-refractivity contribution in [3.8, 4) is 0 Å². The van der Waals surface area contributed by atoms with Gasteiger partial charge in [0.1, 0.15) is 11.0 Å². The molecule has 0 radical (unpaired) electrons. The van der Waals surface area contributed by atoms with E-state index in [1.165, 1.54) is 0 Å². The van der Waals surface area contributed by atoms with E-state index in [2.05, 4.69) is 15.1 Å². The maximum Gasteiger partial charge on any atom is 0.251 e. The van der Waals surface area contributed by atoms with Crippen molar-refractivity contribution in [2.75, 3.05) is 7.11 Å². The van der Waals surface area contributed by atoms with Crippen LogP contribution in [0.3, 0.4) is 0 Å². The average molecular weight is 196 g/mol. The quantitative estimate of drug-likeness (QED) is 0.726. The van der Waals surface area contributed by atoms with Crippen LogP contribution in [-0.4, -0.2) is 26.7 Å². The van der Waals surface area contributed by atoms with E-state index < -0.39 is 0 Å². The van der Waals surface area contributed by atoms with Crippen molar-refractivity contribution >= 4 is 18.0 Å². The fraction of sp³-hybridized carbons (Fsp3) is 0.286. The zero-order valence-corrected chi connectivity index (χ0v) is 7.84. The minimum Gasteiger partial charge on any atom is -0.378 e. The topological polar surface area (TPSA) is 55.2 Å². The van der Waals surface area contributed by atoms with Crippen LogP contribution in [0, 0.1) is 4.64 Å². The number of nitrogens with one attached hydrogen (secondary N) is 1. The molecule has 0 aliphatic rings. The van der Waals surface area contributed by atoms with Crippen molar-refractivity contribution in [3.05, 3.63) is 22.7 Å². The highest BCUT2D eigenvalue weighted by atomic mass is 32.1. The number of rotatable bonds is 2. The lowest BCUT2D eigenvalue weighted by atomic mass is 10.4. The molecule has 0 aliphatic heterocycles. The molecule has 2 aromatic heterocycles. The van der Waals surface area contributed by atoms with Crippen LogP contribution >= 0.6 is 12.2 Å². The molecule has 0 aromatic carbocycles. The monoisotopic (exact) mass is 196 g/mol. The lowest BCUT2D eigenvalue weighted by Crippen LogP contribution is -1.98. The predicted molar refractivity (Wildman–Crippen MR) is 48.9 cm³/mol. The summed E-state index contributed by atoms with van der Waals surface area (Å²) in [6, 6.07) is 1.78. The molecule has 5 nitrogen and oxygen atoms in total. The first-order valence-electron chi connectivity index (χ1n) is 3.72. The summed E-state index contributed by atoms with van der Waals surface area (Å²) in [5.74, 6) is 0.569. The van der Waals surface area contributed by atoms with Crippen molar-refractivity contribution in [3.63, 3.8) is 0 Å². The Morgan fingerprint density at radius 3 is 3.31 bits per heavy atom. The number of nitrogens with zero attached hydrogens (tertiary/aromatic N) is 3. The first kappa shape index (κ1) is 8.33. The average Bonchev–Trinajstić information content (AvgIpc) is 2.53. The molecule has 0 fully saturated rings. The first-order valence-corrected chi connectivity index (χ1v) is 4.13. The Labute approximate surface area is 79.4 Å². The Kier molecular flexibility index (Phi) is 2.07. The molecule has 2 aromatic rings. The fourth-order valence-electron chi connectivity index (χ4n) is 1.09. The summed E-state index contributed by atoms with van der Waals surface area (Å²) in [5.41, 5.74) is 0.791. The maximum absolute atomic E-state index is 5.11.